The maximum absolute atomic E-state index is 13.3. The minimum atomic E-state index is -3.85. The molecule has 0 amide bonds. The van der Waals surface area contributed by atoms with Crippen molar-refractivity contribution >= 4 is 27.5 Å². The van der Waals surface area contributed by atoms with E-state index < -0.39 is 21.4 Å². The normalized spacial score (nSPS) is 16.4. The summed E-state index contributed by atoms with van der Waals surface area (Å²) < 4.78 is 33.1. The van der Waals surface area contributed by atoms with Gasteiger partial charge in [-0.25, -0.2) is 13.2 Å². The molecule has 2 aromatic carbocycles. The maximum atomic E-state index is 13.3. The van der Waals surface area contributed by atoms with Gasteiger partial charge < -0.3 is 4.74 Å². The SMILES string of the molecule is CC1Cc2ccccc2N1S(=O)(=O)c1cccc(C(=O)OCC(=O)C(C)(C)C)c1. The molecule has 2 aromatic rings. The van der Waals surface area contributed by atoms with Gasteiger partial charge in [0.15, 0.2) is 12.4 Å². The van der Waals surface area contributed by atoms with Gasteiger partial charge in [-0.1, -0.05) is 45.0 Å². The summed E-state index contributed by atoms with van der Waals surface area (Å²) in [5.74, 6) is -0.938. The van der Waals surface area contributed by atoms with Crippen LogP contribution in [0.1, 0.15) is 43.6 Å². The number of fused-ring (bicyclic) bond motifs is 1. The van der Waals surface area contributed by atoms with Crippen LogP contribution in [0.15, 0.2) is 53.4 Å². The van der Waals surface area contributed by atoms with Crippen molar-refractivity contribution in [2.45, 2.75) is 45.1 Å². The number of hydrogen-bond acceptors (Lipinski definition) is 5. The highest BCUT2D eigenvalue weighted by atomic mass is 32.2. The van der Waals surface area contributed by atoms with Crippen LogP contribution in [-0.4, -0.2) is 32.8 Å². The first-order valence-corrected chi connectivity index (χ1v) is 10.9. The molecular weight excluding hydrogens is 390 g/mol. The van der Waals surface area contributed by atoms with Gasteiger partial charge in [0.05, 0.1) is 16.1 Å². The standard InChI is InChI=1S/C22H25NO5S/c1-15-12-16-8-5-6-11-19(16)23(15)29(26,27)18-10-7-9-17(13-18)21(25)28-14-20(24)22(2,3)4/h5-11,13,15H,12,14H2,1-4H3. The zero-order valence-electron chi connectivity index (χ0n) is 17.0. The predicted octanol–water partition coefficient (Wildman–Crippen LogP) is 3.60. The number of Topliss-reactive ketones (excluding diaryl/α,β-unsaturated/α-hetero) is 1. The van der Waals surface area contributed by atoms with Crippen molar-refractivity contribution in [2.75, 3.05) is 10.9 Å². The number of esters is 1. The van der Waals surface area contributed by atoms with E-state index in [4.69, 9.17) is 4.74 Å². The average Bonchev–Trinajstić information content (AvgIpc) is 3.01. The summed E-state index contributed by atoms with van der Waals surface area (Å²) in [6, 6.07) is 12.9. The van der Waals surface area contributed by atoms with Gasteiger partial charge in [-0.05, 0) is 43.2 Å². The van der Waals surface area contributed by atoms with E-state index in [0.29, 0.717) is 12.1 Å². The molecule has 0 aliphatic carbocycles. The molecule has 0 N–H and O–H groups in total. The Morgan fingerprint density at radius 3 is 2.48 bits per heavy atom. The number of carbonyl (C=O) groups is 2. The molecule has 0 bridgehead atoms. The first-order valence-electron chi connectivity index (χ1n) is 9.44. The molecule has 1 aliphatic heterocycles. The van der Waals surface area contributed by atoms with E-state index in [9.17, 15) is 18.0 Å². The summed E-state index contributed by atoms with van der Waals surface area (Å²) in [4.78, 5) is 24.3. The van der Waals surface area contributed by atoms with Gasteiger partial charge >= 0.3 is 5.97 Å². The zero-order valence-corrected chi connectivity index (χ0v) is 17.8. The van der Waals surface area contributed by atoms with Gasteiger partial charge in [0.1, 0.15) is 0 Å². The molecule has 7 heteroatoms. The fraction of sp³-hybridized carbons (Fsp3) is 0.364. The Bertz CT molecular complexity index is 1050. The summed E-state index contributed by atoms with van der Waals surface area (Å²) in [6.07, 6.45) is 0.631. The minimum absolute atomic E-state index is 0.0117. The Hall–Kier alpha value is -2.67. The second-order valence-electron chi connectivity index (χ2n) is 8.26. The van der Waals surface area contributed by atoms with E-state index in [-0.39, 0.29) is 28.9 Å². The summed E-state index contributed by atoms with van der Waals surface area (Å²) in [6.45, 7) is 6.73. The average molecular weight is 416 g/mol. The van der Waals surface area contributed by atoms with Crippen LogP contribution in [0.25, 0.3) is 0 Å². The predicted molar refractivity (Wildman–Crippen MR) is 110 cm³/mol. The van der Waals surface area contributed by atoms with E-state index in [1.807, 2.05) is 19.1 Å². The first-order chi connectivity index (χ1) is 13.5. The number of hydrogen-bond donors (Lipinski definition) is 0. The highest BCUT2D eigenvalue weighted by Gasteiger charge is 2.36. The molecule has 0 spiro atoms. The van der Waals surface area contributed by atoms with Crippen molar-refractivity contribution in [3.8, 4) is 0 Å². The quantitative estimate of drug-likeness (QED) is 0.697. The van der Waals surface area contributed by atoms with Crippen LogP contribution in [-0.2, 0) is 26.0 Å². The Kier molecular flexibility index (Phi) is 5.54. The molecular formula is C22H25NO5S. The third kappa shape index (κ3) is 4.19. The Balaban J connectivity index is 1.85. The highest BCUT2D eigenvalue weighted by Crippen LogP contribution is 2.36. The van der Waals surface area contributed by atoms with E-state index in [1.54, 1.807) is 32.9 Å². The lowest BCUT2D eigenvalue weighted by molar-refractivity contribution is -0.129. The van der Waals surface area contributed by atoms with Crippen LogP contribution < -0.4 is 4.31 Å². The molecule has 0 saturated carbocycles. The van der Waals surface area contributed by atoms with Crippen molar-refractivity contribution in [3.05, 3.63) is 59.7 Å². The molecule has 3 rings (SSSR count). The Morgan fingerprint density at radius 1 is 1.10 bits per heavy atom. The van der Waals surface area contributed by atoms with E-state index >= 15 is 0 Å². The number of anilines is 1. The Labute approximate surface area is 171 Å². The summed E-state index contributed by atoms with van der Waals surface area (Å²) >= 11 is 0. The fourth-order valence-corrected chi connectivity index (χ4v) is 4.97. The number of nitrogens with zero attached hydrogens (tertiary/aromatic N) is 1. The minimum Gasteiger partial charge on any atom is -0.454 e. The van der Waals surface area contributed by atoms with Crippen LogP contribution in [0.4, 0.5) is 5.69 Å². The number of sulfonamides is 1. The number of ether oxygens (including phenoxy) is 1. The van der Waals surface area contributed by atoms with Gasteiger partial charge in [-0.15, -0.1) is 0 Å². The van der Waals surface area contributed by atoms with Crippen LogP contribution in [0.2, 0.25) is 0 Å². The molecule has 154 valence electrons. The third-order valence-electron chi connectivity index (χ3n) is 4.94. The maximum Gasteiger partial charge on any atom is 0.338 e. The van der Waals surface area contributed by atoms with Crippen molar-refractivity contribution in [1.82, 2.24) is 0 Å². The molecule has 29 heavy (non-hydrogen) atoms. The molecule has 0 radical (unpaired) electrons. The number of ketones is 1. The number of para-hydroxylation sites is 1. The second-order valence-corrected chi connectivity index (χ2v) is 10.1. The second kappa shape index (κ2) is 7.63. The van der Waals surface area contributed by atoms with Gasteiger partial charge in [0.2, 0.25) is 0 Å². The lowest BCUT2D eigenvalue weighted by atomic mass is 9.91. The van der Waals surface area contributed by atoms with E-state index in [0.717, 1.165) is 5.56 Å². The van der Waals surface area contributed by atoms with Crippen LogP contribution >= 0.6 is 0 Å². The monoisotopic (exact) mass is 415 g/mol. The smallest absolute Gasteiger partial charge is 0.338 e. The molecule has 1 unspecified atom stereocenters. The van der Waals surface area contributed by atoms with E-state index in [1.165, 1.54) is 28.6 Å². The summed E-state index contributed by atoms with van der Waals surface area (Å²) in [5.41, 5.74) is 1.10. The first kappa shape index (κ1) is 21.0. The van der Waals surface area contributed by atoms with Crippen molar-refractivity contribution in [3.63, 3.8) is 0 Å². The van der Waals surface area contributed by atoms with Crippen LogP contribution in [0, 0.1) is 5.41 Å². The number of benzene rings is 2. The van der Waals surface area contributed by atoms with Crippen LogP contribution in [0.3, 0.4) is 0 Å². The van der Waals surface area contributed by atoms with Crippen LogP contribution in [0.5, 0.6) is 0 Å². The highest BCUT2D eigenvalue weighted by molar-refractivity contribution is 7.92. The number of carbonyl (C=O) groups excluding carboxylic acids is 2. The lowest BCUT2D eigenvalue weighted by Gasteiger charge is -2.24. The van der Waals surface area contributed by atoms with Gasteiger partial charge in [0.25, 0.3) is 10.0 Å². The van der Waals surface area contributed by atoms with Crippen molar-refractivity contribution in [2.24, 2.45) is 5.41 Å². The number of rotatable bonds is 5. The molecule has 0 saturated heterocycles. The molecule has 0 aromatic heterocycles. The summed E-state index contributed by atoms with van der Waals surface area (Å²) in [7, 11) is -3.85. The summed E-state index contributed by atoms with van der Waals surface area (Å²) in [5, 5.41) is 0. The largest absolute Gasteiger partial charge is 0.454 e. The van der Waals surface area contributed by atoms with Gasteiger partial charge in [0, 0.05) is 11.5 Å². The zero-order chi connectivity index (χ0) is 21.4. The van der Waals surface area contributed by atoms with Gasteiger partial charge in [-0.3, -0.25) is 9.10 Å². The molecule has 1 atom stereocenters. The lowest BCUT2D eigenvalue weighted by Crippen LogP contribution is -2.35. The third-order valence-corrected chi connectivity index (χ3v) is 6.87. The molecule has 1 aliphatic rings. The Morgan fingerprint density at radius 2 is 1.79 bits per heavy atom. The molecule has 6 nitrogen and oxygen atoms in total. The fourth-order valence-electron chi connectivity index (χ4n) is 3.23. The topological polar surface area (TPSA) is 80.8 Å². The van der Waals surface area contributed by atoms with Gasteiger partial charge in [-0.2, -0.15) is 0 Å². The van der Waals surface area contributed by atoms with E-state index in [2.05, 4.69) is 0 Å². The van der Waals surface area contributed by atoms with Crippen molar-refractivity contribution < 1.29 is 22.7 Å². The molecule has 0 fully saturated rings. The van der Waals surface area contributed by atoms with Crippen molar-refractivity contribution in [1.29, 1.82) is 0 Å². The molecule has 1 heterocycles.